The molecule has 1 saturated carbocycles. The highest BCUT2D eigenvalue weighted by Gasteiger charge is 2.62. The fraction of sp³-hybridized carbons (Fsp3) is 0.300. The van der Waals surface area contributed by atoms with Crippen molar-refractivity contribution >= 4 is 5.97 Å². The minimum absolute atomic E-state index is 0.103. The first kappa shape index (κ1) is 8.26. The van der Waals surface area contributed by atoms with Gasteiger partial charge in [0.1, 0.15) is 0 Å². The van der Waals surface area contributed by atoms with Gasteiger partial charge in [0, 0.05) is 6.42 Å². The molecule has 2 rings (SSSR count). The maximum Gasteiger partial charge on any atom is 0.366 e. The first-order valence-corrected chi connectivity index (χ1v) is 4.28. The SMILES string of the molecule is [NH3+][C@@]1(C(=O)O)C[C@@H]1c1ccccc1. The average Bonchev–Trinajstić information content (AvgIpc) is 2.81. The van der Waals surface area contributed by atoms with Gasteiger partial charge in [-0.25, -0.2) is 4.79 Å². The van der Waals surface area contributed by atoms with Gasteiger partial charge in [-0.3, -0.25) is 0 Å². The van der Waals surface area contributed by atoms with Gasteiger partial charge >= 0.3 is 5.97 Å². The first-order valence-electron chi connectivity index (χ1n) is 4.28. The standard InChI is InChI=1S/C10H11NO2/c11-10(9(12)13)6-8(10)7-4-2-1-3-5-7/h1-5,8H,6,11H2,(H,12,13)/p+1/t8-,10+/m1/s1. The minimum Gasteiger partial charge on any atom is -0.477 e. The van der Waals surface area contributed by atoms with Crippen LogP contribution in [-0.2, 0) is 4.79 Å². The Morgan fingerprint density at radius 2 is 2.08 bits per heavy atom. The number of carboxylic acid groups (broad SMARTS) is 1. The van der Waals surface area contributed by atoms with E-state index in [0.717, 1.165) is 5.56 Å². The third-order valence-electron chi connectivity index (χ3n) is 2.70. The lowest BCUT2D eigenvalue weighted by molar-refractivity contribution is -0.426. The summed E-state index contributed by atoms with van der Waals surface area (Å²) in [7, 11) is 0. The second-order valence-electron chi connectivity index (χ2n) is 3.63. The predicted octanol–water partition coefficient (Wildman–Crippen LogP) is 0.239. The van der Waals surface area contributed by atoms with Crippen LogP contribution in [0, 0.1) is 0 Å². The van der Waals surface area contributed by atoms with E-state index in [1.54, 1.807) is 0 Å². The molecule has 3 nitrogen and oxygen atoms in total. The monoisotopic (exact) mass is 178 g/mol. The number of carbonyl (C=O) groups is 1. The van der Waals surface area contributed by atoms with Gasteiger partial charge in [0.15, 0.2) is 0 Å². The summed E-state index contributed by atoms with van der Waals surface area (Å²) in [6, 6.07) is 9.70. The Kier molecular flexibility index (Phi) is 1.63. The third kappa shape index (κ3) is 1.21. The van der Waals surface area contributed by atoms with Crippen LogP contribution in [0.1, 0.15) is 17.9 Å². The van der Waals surface area contributed by atoms with Gasteiger partial charge in [-0.1, -0.05) is 30.3 Å². The molecule has 1 aliphatic carbocycles. The van der Waals surface area contributed by atoms with Crippen LogP contribution in [0.15, 0.2) is 30.3 Å². The summed E-state index contributed by atoms with van der Waals surface area (Å²) in [5.41, 5.74) is 4.06. The lowest BCUT2D eigenvalue weighted by atomic mass is 10.1. The van der Waals surface area contributed by atoms with Gasteiger partial charge in [-0.2, -0.15) is 0 Å². The Hall–Kier alpha value is -1.35. The molecule has 0 amide bonds. The van der Waals surface area contributed by atoms with Crippen molar-refractivity contribution < 1.29 is 15.6 Å². The van der Waals surface area contributed by atoms with Crippen molar-refractivity contribution in [3.63, 3.8) is 0 Å². The molecule has 3 heteroatoms. The van der Waals surface area contributed by atoms with Crippen molar-refractivity contribution in [2.75, 3.05) is 0 Å². The van der Waals surface area contributed by atoms with Crippen LogP contribution >= 0.6 is 0 Å². The minimum atomic E-state index is -0.790. The van der Waals surface area contributed by atoms with Crippen LogP contribution in [0.5, 0.6) is 0 Å². The Bertz CT molecular complexity index is 336. The summed E-state index contributed by atoms with van der Waals surface area (Å²) in [5, 5.41) is 8.88. The second kappa shape index (κ2) is 2.57. The van der Waals surface area contributed by atoms with E-state index in [0.29, 0.717) is 6.42 Å². The van der Waals surface area contributed by atoms with Gasteiger partial charge < -0.3 is 10.8 Å². The zero-order valence-corrected chi connectivity index (χ0v) is 7.23. The van der Waals surface area contributed by atoms with Crippen LogP contribution in [0.3, 0.4) is 0 Å². The fourth-order valence-electron chi connectivity index (χ4n) is 1.66. The molecule has 13 heavy (non-hydrogen) atoms. The van der Waals surface area contributed by atoms with Crippen molar-refractivity contribution in [2.45, 2.75) is 17.9 Å². The van der Waals surface area contributed by atoms with Crippen LogP contribution in [0.2, 0.25) is 0 Å². The quantitative estimate of drug-likeness (QED) is 0.681. The Labute approximate surface area is 76.2 Å². The molecular weight excluding hydrogens is 166 g/mol. The molecule has 1 aromatic carbocycles. The lowest BCUT2D eigenvalue weighted by Gasteiger charge is -2.01. The van der Waals surface area contributed by atoms with Crippen LogP contribution in [-0.4, -0.2) is 16.6 Å². The van der Waals surface area contributed by atoms with E-state index in [4.69, 9.17) is 5.11 Å². The summed E-state index contributed by atoms with van der Waals surface area (Å²) in [6.45, 7) is 0. The average molecular weight is 178 g/mol. The first-order chi connectivity index (χ1) is 6.14. The molecule has 0 spiro atoms. The summed E-state index contributed by atoms with van der Waals surface area (Å²) in [5.74, 6) is -0.687. The highest BCUT2D eigenvalue weighted by Crippen LogP contribution is 2.47. The smallest absolute Gasteiger partial charge is 0.366 e. The van der Waals surface area contributed by atoms with Crippen molar-refractivity contribution in [1.29, 1.82) is 0 Å². The molecule has 0 aliphatic heterocycles. The molecule has 0 radical (unpaired) electrons. The van der Waals surface area contributed by atoms with E-state index in [1.165, 1.54) is 0 Å². The largest absolute Gasteiger partial charge is 0.477 e. The Balaban J connectivity index is 2.21. The lowest BCUT2D eigenvalue weighted by Crippen LogP contribution is -2.68. The highest BCUT2D eigenvalue weighted by atomic mass is 16.4. The summed E-state index contributed by atoms with van der Waals surface area (Å²) in [6.07, 6.45) is 0.659. The third-order valence-corrected chi connectivity index (χ3v) is 2.70. The van der Waals surface area contributed by atoms with Gasteiger partial charge in [0.2, 0.25) is 5.54 Å². The Morgan fingerprint density at radius 3 is 2.54 bits per heavy atom. The van der Waals surface area contributed by atoms with E-state index in [1.807, 2.05) is 30.3 Å². The maximum atomic E-state index is 10.8. The van der Waals surface area contributed by atoms with E-state index in [-0.39, 0.29) is 5.92 Å². The highest BCUT2D eigenvalue weighted by molar-refractivity contribution is 5.82. The number of hydrogen-bond donors (Lipinski definition) is 2. The van der Waals surface area contributed by atoms with E-state index >= 15 is 0 Å². The predicted molar refractivity (Wildman–Crippen MR) is 47.1 cm³/mol. The second-order valence-corrected chi connectivity index (χ2v) is 3.63. The zero-order chi connectivity index (χ0) is 9.47. The van der Waals surface area contributed by atoms with Crippen LogP contribution < -0.4 is 5.73 Å². The zero-order valence-electron chi connectivity index (χ0n) is 7.23. The van der Waals surface area contributed by atoms with Gasteiger partial charge in [-0.05, 0) is 5.56 Å². The van der Waals surface area contributed by atoms with Crippen LogP contribution in [0.25, 0.3) is 0 Å². The number of quaternary nitrogens is 1. The molecule has 0 saturated heterocycles. The molecule has 1 aliphatic rings. The van der Waals surface area contributed by atoms with Gasteiger partial charge in [0.25, 0.3) is 0 Å². The molecule has 1 fully saturated rings. The molecular formula is C10H12NO2+. The van der Waals surface area contributed by atoms with Gasteiger partial charge in [-0.15, -0.1) is 0 Å². The van der Waals surface area contributed by atoms with Crippen molar-refractivity contribution in [3.8, 4) is 0 Å². The molecule has 4 N–H and O–H groups in total. The number of benzene rings is 1. The molecule has 0 heterocycles. The number of carboxylic acids is 1. The van der Waals surface area contributed by atoms with Crippen molar-refractivity contribution in [3.05, 3.63) is 35.9 Å². The topological polar surface area (TPSA) is 64.9 Å². The normalized spacial score (nSPS) is 31.3. The molecule has 1 aromatic rings. The number of aliphatic carboxylic acids is 1. The summed E-state index contributed by atoms with van der Waals surface area (Å²) in [4.78, 5) is 10.8. The molecule has 0 aromatic heterocycles. The molecule has 0 bridgehead atoms. The fourth-order valence-corrected chi connectivity index (χ4v) is 1.66. The van der Waals surface area contributed by atoms with Crippen LogP contribution in [0.4, 0.5) is 0 Å². The van der Waals surface area contributed by atoms with E-state index < -0.39 is 11.5 Å². The summed E-state index contributed by atoms with van der Waals surface area (Å²) >= 11 is 0. The molecule has 0 unspecified atom stereocenters. The number of rotatable bonds is 2. The Morgan fingerprint density at radius 1 is 1.46 bits per heavy atom. The van der Waals surface area contributed by atoms with Crippen molar-refractivity contribution in [2.24, 2.45) is 0 Å². The van der Waals surface area contributed by atoms with Gasteiger partial charge in [0.05, 0.1) is 5.92 Å². The molecule has 68 valence electrons. The number of hydrogen-bond acceptors (Lipinski definition) is 1. The van der Waals surface area contributed by atoms with E-state index in [2.05, 4.69) is 5.73 Å². The molecule has 2 atom stereocenters. The summed E-state index contributed by atoms with van der Waals surface area (Å²) < 4.78 is 0. The van der Waals surface area contributed by atoms with E-state index in [9.17, 15) is 4.79 Å². The maximum absolute atomic E-state index is 10.8. The van der Waals surface area contributed by atoms with Crippen molar-refractivity contribution in [1.82, 2.24) is 0 Å².